The van der Waals surface area contributed by atoms with E-state index in [2.05, 4.69) is 0 Å². The standard InChI is InChI=1S/C12H13Cl2NO2/c13-9-1-7-3-12(6-15,5-11(16)17)4-8(7)2-10(9)14/h1-2H,3-6,15H2,(H,16,17). The van der Waals surface area contributed by atoms with Crippen molar-refractivity contribution in [1.82, 2.24) is 0 Å². The van der Waals surface area contributed by atoms with E-state index in [0.717, 1.165) is 11.1 Å². The molecule has 2 rings (SSSR count). The highest BCUT2D eigenvalue weighted by Crippen LogP contribution is 2.41. The van der Waals surface area contributed by atoms with Crippen LogP contribution in [0.4, 0.5) is 0 Å². The van der Waals surface area contributed by atoms with Gasteiger partial charge in [-0.05, 0) is 42.6 Å². The summed E-state index contributed by atoms with van der Waals surface area (Å²) in [6.07, 6.45) is 1.39. The number of fused-ring (bicyclic) bond motifs is 1. The molecule has 1 aliphatic rings. The highest BCUT2D eigenvalue weighted by molar-refractivity contribution is 6.42. The summed E-state index contributed by atoms with van der Waals surface area (Å²) in [6, 6.07) is 3.64. The molecule has 1 aromatic rings. The maximum Gasteiger partial charge on any atom is 0.303 e. The number of halogens is 2. The highest BCUT2D eigenvalue weighted by Gasteiger charge is 2.38. The van der Waals surface area contributed by atoms with Crippen LogP contribution >= 0.6 is 23.2 Å². The lowest BCUT2D eigenvalue weighted by molar-refractivity contribution is -0.139. The van der Waals surface area contributed by atoms with Crippen molar-refractivity contribution >= 4 is 29.2 Å². The summed E-state index contributed by atoms with van der Waals surface area (Å²) in [5.41, 5.74) is 7.48. The Morgan fingerprint density at radius 1 is 1.29 bits per heavy atom. The molecular formula is C12H13Cl2NO2. The Bertz CT molecular complexity index is 443. The van der Waals surface area contributed by atoms with Crippen LogP contribution in [-0.4, -0.2) is 17.6 Å². The summed E-state index contributed by atoms with van der Waals surface area (Å²) < 4.78 is 0. The molecule has 0 unspecified atom stereocenters. The fourth-order valence-corrected chi connectivity index (χ4v) is 2.86. The van der Waals surface area contributed by atoms with E-state index in [1.165, 1.54) is 0 Å². The molecule has 92 valence electrons. The van der Waals surface area contributed by atoms with E-state index in [1.807, 2.05) is 12.1 Å². The first-order chi connectivity index (χ1) is 7.96. The van der Waals surface area contributed by atoms with Gasteiger partial charge < -0.3 is 10.8 Å². The van der Waals surface area contributed by atoms with Gasteiger partial charge in [-0.2, -0.15) is 0 Å². The number of carboxylic acid groups (broad SMARTS) is 1. The molecule has 3 nitrogen and oxygen atoms in total. The minimum Gasteiger partial charge on any atom is -0.481 e. The van der Waals surface area contributed by atoms with Gasteiger partial charge >= 0.3 is 5.97 Å². The zero-order chi connectivity index (χ0) is 12.6. The molecule has 0 heterocycles. The van der Waals surface area contributed by atoms with Crippen molar-refractivity contribution in [3.63, 3.8) is 0 Å². The summed E-state index contributed by atoms with van der Waals surface area (Å²) in [5.74, 6) is -0.819. The predicted octanol–water partition coefficient (Wildman–Crippen LogP) is 2.51. The zero-order valence-corrected chi connectivity index (χ0v) is 10.7. The molecule has 0 atom stereocenters. The third-order valence-corrected chi connectivity index (χ3v) is 4.05. The summed E-state index contributed by atoms with van der Waals surface area (Å²) in [6.45, 7) is 0.350. The molecule has 0 aliphatic heterocycles. The minimum absolute atomic E-state index is 0.0768. The average Bonchev–Trinajstić information content (AvgIpc) is 2.56. The first-order valence-electron chi connectivity index (χ1n) is 5.34. The minimum atomic E-state index is -0.819. The van der Waals surface area contributed by atoms with Gasteiger partial charge in [0.15, 0.2) is 0 Å². The van der Waals surface area contributed by atoms with Crippen LogP contribution in [0.3, 0.4) is 0 Å². The lowest BCUT2D eigenvalue weighted by Crippen LogP contribution is -2.33. The van der Waals surface area contributed by atoms with Crippen LogP contribution in [-0.2, 0) is 17.6 Å². The number of rotatable bonds is 3. The summed E-state index contributed by atoms with van der Waals surface area (Å²) in [7, 11) is 0. The zero-order valence-electron chi connectivity index (χ0n) is 9.17. The predicted molar refractivity (Wildman–Crippen MR) is 67.6 cm³/mol. The number of carboxylic acids is 1. The number of aliphatic carboxylic acids is 1. The van der Waals surface area contributed by atoms with Crippen LogP contribution in [0.1, 0.15) is 17.5 Å². The first kappa shape index (κ1) is 12.7. The number of carbonyl (C=O) groups is 1. The van der Waals surface area contributed by atoms with E-state index < -0.39 is 5.97 Å². The van der Waals surface area contributed by atoms with Crippen molar-refractivity contribution in [3.05, 3.63) is 33.3 Å². The summed E-state index contributed by atoms with van der Waals surface area (Å²) in [5, 5.41) is 9.97. The van der Waals surface area contributed by atoms with Gasteiger partial charge in [-0.1, -0.05) is 23.2 Å². The maximum absolute atomic E-state index is 10.9. The van der Waals surface area contributed by atoms with E-state index in [-0.39, 0.29) is 11.8 Å². The van der Waals surface area contributed by atoms with Gasteiger partial charge in [0.25, 0.3) is 0 Å². The Morgan fingerprint density at radius 2 is 1.76 bits per heavy atom. The fraction of sp³-hybridized carbons (Fsp3) is 0.417. The van der Waals surface area contributed by atoms with Crippen molar-refractivity contribution in [2.24, 2.45) is 11.1 Å². The van der Waals surface area contributed by atoms with Gasteiger partial charge in [0.1, 0.15) is 0 Å². The van der Waals surface area contributed by atoms with Gasteiger partial charge in [0.2, 0.25) is 0 Å². The molecule has 5 heteroatoms. The fourth-order valence-electron chi connectivity index (χ4n) is 2.49. The van der Waals surface area contributed by atoms with Crippen molar-refractivity contribution < 1.29 is 9.90 Å². The lowest BCUT2D eigenvalue weighted by Gasteiger charge is -2.24. The molecule has 0 radical (unpaired) electrons. The molecule has 3 N–H and O–H groups in total. The SMILES string of the molecule is NCC1(CC(=O)O)Cc2cc(Cl)c(Cl)cc2C1. The van der Waals surface area contributed by atoms with Gasteiger partial charge in [0, 0.05) is 5.41 Å². The second-order valence-electron chi connectivity index (χ2n) is 4.66. The third-order valence-electron chi connectivity index (χ3n) is 3.33. The lowest BCUT2D eigenvalue weighted by atomic mass is 9.81. The van der Waals surface area contributed by atoms with Crippen LogP contribution in [0.25, 0.3) is 0 Å². The Balaban J connectivity index is 2.33. The third kappa shape index (κ3) is 2.41. The Hall–Kier alpha value is -0.770. The first-order valence-corrected chi connectivity index (χ1v) is 6.10. The van der Waals surface area contributed by atoms with Gasteiger partial charge in [0.05, 0.1) is 16.5 Å². The molecule has 17 heavy (non-hydrogen) atoms. The molecule has 0 saturated heterocycles. The van der Waals surface area contributed by atoms with Crippen molar-refractivity contribution in [2.75, 3.05) is 6.54 Å². The normalized spacial score (nSPS) is 16.9. The highest BCUT2D eigenvalue weighted by atomic mass is 35.5. The number of hydrogen-bond donors (Lipinski definition) is 2. The van der Waals surface area contributed by atoms with Crippen molar-refractivity contribution in [1.29, 1.82) is 0 Å². The van der Waals surface area contributed by atoms with Crippen molar-refractivity contribution in [3.8, 4) is 0 Å². The van der Waals surface area contributed by atoms with Crippen molar-refractivity contribution in [2.45, 2.75) is 19.3 Å². The second-order valence-corrected chi connectivity index (χ2v) is 5.48. The molecule has 0 aromatic heterocycles. The van der Waals surface area contributed by atoms with Crippen LogP contribution in [0.5, 0.6) is 0 Å². The molecule has 0 bridgehead atoms. The molecule has 0 amide bonds. The maximum atomic E-state index is 10.9. The average molecular weight is 274 g/mol. The number of benzene rings is 1. The second kappa shape index (κ2) is 4.48. The monoisotopic (exact) mass is 273 g/mol. The van der Waals surface area contributed by atoms with Gasteiger partial charge in [-0.15, -0.1) is 0 Å². The largest absolute Gasteiger partial charge is 0.481 e. The van der Waals surface area contributed by atoms with Crippen LogP contribution in [0.2, 0.25) is 10.0 Å². The Morgan fingerprint density at radius 3 is 2.12 bits per heavy atom. The Labute approximate surface area is 110 Å². The smallest absolute Gasteiger partial charge is 0.303 e. The van der Waals surface area contributed by atoms with E-state index in [4.69, 9.17) is 34.0 Å². The van der Waals surface area contributed by atoms with Gasteiger partial charge in [-0.25, -0.2) is 0 Å². The van der Waals surface area contributed by atoms with Crippen LogP contribution in [0, 0.1) is 5.41 Å². The van der Waals surface area contributed by atoms with E-state index in [1.54, 1.807) is 0 Å². The molecule has 1 aromatic carbocycles. The van der Waals surface area contributed by atoms with Gasteiger partial charge in [-0.3, -0.25) is 4.79 Å². The number of hydrogen-bond acceptors (Lipinski definition) is 2. The molecule has 0 spiro atoms. The number of nitrogens with two attached hydrogens (primary N) is 1. The quantitative estimate of drug-likeness (QED) is 0.890. The Kier molecular flexibility index (Phi) is 3.34. The summed E-state index contributed by atoms with van der Waals surface area (Å²) in [4.78, 5) is 10.9. The van der Waals surface area contributed by atoms with E-state index in [0.29, 0.717) is 29.4 Å². The molecule has 1 aliphatic carbocycles. The molecule has 0 saturated carbocycles. The van der Waals surface area contributed by atoms with Crippen LogP contribution in [0.15, 0.2) is 12.1 Å². The van der Waals surface area contributed by atoms with E-state index in [9.17, 15) is 4.79 Å². The van der Waals surface area contributed by atoms with Crippen LogP contribution < -0.4 is 5.73 Å². The topological polar surface area (TPSA) is 63.3 Å². The van der Waals surface area contributed by atoms with E-state index >= 15 is 0 Å². The summed E-state index contributed by atoms with van der Waals surface area (Å²) >= 11 is 11.9. The molecule has 0 fully saturated rings. The molecular weight excluding hydrogens is 261 g/mol.